The van der Waals surface area contributed by atoms with E-state index < -0.39 is 0 Å². The molecule has 0 spiro atoms. The van der Waals surface area contributed by atoms with Crippen LogP contribution in [0.4, 0.5) is 0 Å². The smallest absolute Gasteiger partial charge is 0.165 e. The molecular formula is C26H40N2O2. The van der Waals surface area contributed by atoms with Gasteiger partial charge in [0.25, 0.3) is 0 Å². The van der Waals surface area contributed by atoms with E-state index >= 15 is 0 Å². The normalized spacial score (nSPS) is 22.6. The number of aryl methyl sites for hydroxylation is 1. The van der Waals surface area contributed by atoms with Crippen molar-refractivity contribution in [1.82, 2.24) is 9.80 Å². The van der Waals surface area contributed by atoms with Crippen molar-refractivity contribution in [1.29, 1.82) is 0 Å². The van der Waals surface area contributed by atoms with Gasteiger partial charge in [-0.15, -0.1) is 0 Å². The van der Waals surface area contributed by atoms with Crippen LogP contribution in [0, 0.1) is 11.3 Å². The number of nitrogens with zero attached hydrogens (tertiary/aromatic N) is 2. The summed E-state index contributed by atoms with van der Waals surface area (Å²) in [4.78, 5) is 29.7. The molecule has 2 bridgehead atoms. The number of Topliss-reactive ketones (excluding diaryl/α,β-unsaturated/α-hetero) is 2. The summed E-state index contributed by atoms with van der Waals surface area (Å²) in [5, 5.41) is 0. The van der Waals surface area contributed by atoms with Gasteiger partial charge in [0.05, 0.1) is 6.54 Å². The Morgan fingerprint density at radius 1 is 1.00 bits per heavy atom. The van der Waals surface area contributed by atoms with Gasteiger partial charge in [-0.1, -0.05) is 58.9 Å². The SMILES string of the molecule is CC(C)C(=O)c1ccc(CCCCN2CC3CCC(C2)N3CC(=O)C(C)(C)C)cc1. The zero-order valence-electron chi connectivity index (χ0n) is 19.6. The van der Waals surface area contributed by atoms with E-state index in [1.54, 1.807) is 0 Å². The Labute approximate surface area is 183 Å². The number of rotatable bonds is 9. The zero-order valence-corrected chi connectivity index (χ0v) is 19.6. The van der Waals surface area contributed by atoms with Gasteiger partial charge in [-0.25, -0.2) is 0 Å². The van der Waals surface area contributed by atoms with Crippen molar-refractivity contribution in [2.24, 2.45) is 11.3 Å². The fourth-order valence-electron chi connectivity index (χ4n) is 4.75. The Kier molecular flexibility index (Phi) is 7.52. The van der Waals surface area contributed by atoms with E-state index in [4.69, 9.17) is 0 Å². The summed E-state index contributed by atoms with van der Waals surface area (Å²) in [6.07, 6.45) is 5.92. The second-order valence-electron chi connectivity index (χ2n) is 10.7. The van der Waals surface area contributed by atoms with E-state index in [0.717, 1.165) is 31.6 Å². The molecule has 1 aromatic rings. The van der Waals surface area contributed by atoms with Gasteiger partial charge in [-0.05, 0) is 44.2 Å². The first-order valence-electron chi connectivity index (χ1n) is 11.8. The van der Waals surface area contributed by atoms with Gasteiger partial charge in [0, 0.05) is 42.1 Å². The van der Waals surface area contributed by atoms with Crippen LogP contribution in [0.5, 0.6) is 0 Å². The average molecular weight is 413 g/mol. The molecule has 0 saturated carbocycles. The molecule has 2 atom stereocenters. The van der Waals surface area contributed by atoms with Crippen LogP contribution in [0.2, 0.25) is 0 Å². The summed E-state index contributed by atoms with van der Waals surface area (Å²) in [5.74, 6) is 0.645. The van der Waals surface area contributed by atoms with Crippen molar-refractivity contribution in [2.75, 3.05) is 26.2 Å². The van der Waals surface area contributed by atoms with Crippen LogP contribution in [-0.4, -0.2) is 59.6 Å². The number of fused-ring (bicyclic) bond motifs is 2. The standard InChI is InChI=1S/C26H40N2O2/c1-19(2)25(30)21-11-9-20(10-12-21)8-6-7-15-27-16-22-13-14-23(17-27)28(22)18-24(29)26(3,4)5/h9-12,19,22-23H,6-8,13-18H2,1-5H3. The minimum atomic E-state index is -0.239. The minimum absolute atomic E-state index is 0.0539. The quantitative estimate of drug-likeness (QED) is 0.439. The summed E-state index contributed by atoms with van der Waals surface area (Å²) in [6, 6.07) is 9.30. The Morgan fingerprint density at radius 2 is 1.60 bits per heavy atom. The van der Waals surface area contributed by atoms with Crippen LogP contribution < -0.4 is 0 Å². The van der Waals surface area contributed by atoms with Crippen molar-refractivity contribution >= 4 is 11.6 Å². The molecule has 4 heteroatoms. The van der Waals surface area contributed by atoms with E-state index in [-0.39, 0.29) is 17.1 Å². The number of hydrogen-bond donors (Lipinski definition) is 0. The van der Waals surface area contributed by atoms with Crippen LogP contribution in [0.15, 0.2) is 24.3 Å². The summed E-state index contributed by atoms with van der Waals surface area (Å²) in [6.45, 7) is 14.0. The maximum Gasteiger partial charge on any atom is 0.165 e. The van der Waals surface area contributed by atoms with Gasteiger partial charge in [-0.3, -0.25) is 14.5 Å². The third-order valence-electron chi connectivity index (χ3n) is 6.82. The lowest BCUT2D eigenvalue weighted by Gasteiger charge is -2.41. The lowest BCUT2D eigenvalue weighted by molar-refractivity contribution is -0.129. The van der Waals surface area contributed by atoms with Gasteiger partial charge in [0.1, 0.15) is 0 Å². The number of carbonyl (C=O) groups is 2. The molecule has 0 aromatic heterocycles. The molecule has 3 rings (SSSR count). The van der Waals surface area contributed by atoms with Gasteiger partial charge < -0.3 is 4.90 Å². The average Bonchev–Trinajstić information content (AvgIpc) is 2.92. The highest BCUT2D eigenvalue weighted by Crippen LogP contribution is 2.31. The lowest BCUT2D eigenvalue weighted by atomic mass is 9.90. The molecule has 2 unspecified atom stereocenters. The molecule has 0 N–H and O–H groups in total. The number of ketones is 2. The highest BCUT2D eigenvalue weighted by molar-refractivity contribution is 5.97. The second-order valence-corrected chi connectivity index (χ2v) is 10.7. The molecule has 1 aromatic carbocycles. The summed E-state index contributed by atoms with van der Waals surface area (Å²) >= 11 is 0. The fraction of sp³-hybridized carbons (Fsp3) is 0.692. The van der Waals surface area contributed by atoms with Gasteiger partial charge >= 0.3 is 0 Å². The topological polar surface area (TPSA) is 40.6 Å². The van der Waals surface area contributed by atoms with Crippen molar-refractivity contribution in [3.8, 4) is 0 Å². The molecule has 0 radical (unpaired) electrons. The number of piperazine rings is 1. The summed E-state index contributed by atoms with van der Waals surface area (Å²) in [5.41, 5.74) is 1.91. The van der Waals surface area contributed by atoms with Crippen LogP contribution in [0.1, 0.15) is 76.2 Å². The number of hydrogen-bond acceptors (Lipinski definition) is 4. The zero-order chi connectivity index (χ0) is 21.9. The maximum atomic E-state index is 12.5. The van der Waals surface area contributed by atoms with Gasteiger partial charge in [-0.2, -0.15) is 0 Å². The number of benzene rings is 1. The van der Waals surface area contributed by atoms with Crippen molar-refractivity contribution in [3.63, 3.8) is 0 Å². The molecule has 2 saturated heterocycles. The largest absolute Gasteiger partial charge is 0.300 e. The molecule has 0 aliphatic carbocycles. The van der Waals surface area contributed by atoms with Crippen LogP contribution in [-0.2, 0) is 11.2 Å². The summed E-state index contributed by atoms with van der Waals surface area (Å²) in [7, 11) is 0. The van der Waals surface area contributed by atoms with E-state index in [1.807, 2.05) is 46.8 Å². The molecule has 2 heterocycles. The first kappa shape index (κ1) is 23.1. The second kappa shape index (κ2) is 9.74. The molecule has 30 heavy (non-hydrogen) atoms. The first-order chi connectivity index (χ1) is 14.1. The third kappa shape index (κ3) is 5.79. The van der Waals surface area contributed by atoms with Crippen molar-refractivity contribution in [3.05, 3.63) is 35.4 Å². The van der Waals surface area contributed by atoms with Crippen LogP contribution >= 0.6 is 0 Å². The Balaban J connectivity index is 1.40. The number of unbranched alkanes of at least 4 members (excludes halogenated alkanes) is 1. The molecule has 2 aliphatic heterocycles. The Hall–Kier alpha value is -1.52. The highest BCUT2D eigenvalue weighted by atomic mass is 16.1. The first-order valence-corrected chi connectivity index (χ1v) is 11.8. The molecule has 0 amide bonds. The monoisotopic (exact) mass is 412 g/mol. The van der Waals surface area contributed by atoms with Gasteiger partial charge in [0.15, 0.2) is 11.6 Å². The number of carbonyl (C=O) groups excluding carboxylic acids is 2. The van der Waals surface area contributed by atoms with Crippen LogP contribution in [0.25, 0.3) is 0 Å². The van der Waals surface area contributed by atoms with Crippen LogP contribution in [0.3, 0.4) is 0 Å². The Bertz CT molecular complexity index is 718. The van der Waals surface area contributed by atoms with E-state index in [0.29, 0.717) is 24.4 Å². The van der Waals surface area contributed by atoms with E-state index in [9.17, 15) is 9.59 Å². The Morgan fingerprint density at radius 3 is 2.13 bits per heavy atom. The highest BCUT2D eigenvalue weighted by Gasteiger charge is 2.41. The van der Waals surface area contributed by atoms with Crippen molar-refractivity contribution in [2.45, 2.75) is 78.8 Å². The van der Waals surface area contributed by atoms with Crippen molar-refractivity contribution < 1.29 is 9.59 Å². The molecule has 2 aliphatic rings. The molecular weight excluding hydrogens is 372 g/mol. The molecule has 4 nitrogen and oxygen atoms in total. The maximum absolute atomic E-state index is 12.5. The third-order valence-corrected chi connectivity index (χ3v) is 6.82. The van der Waals surface area contributed by atoms with Gasteiger partial charge in [0.2, 0.25) is 0 Å². The lowest BCUT2D eigenvalue weighted by Crippen LogP contribution is -2.55. The minimum Gasteiger partial charge on any atom is -0.300 e. The fourth-order valence-corrected chi connectivity index (χ4v) is 4.75. The number of likely N-dealkylation sites (tertiary alicyclic amines) is 1. The summed E-state index contributed by atoms with van der Waals surface area (Å²) < 4.78 is 0. The predicted molar refractivity (Wildman–Crippen MR) is 123 cm³/mol. The predicted octanol–water partition coefficient (Wildman–Crippen LogP) is 4.61. The molecule has 166 valence electrons. The molecule has 2 fully saturated rings. The van der Waals surface area contributed by atoms with E-state index in [1.165, 1.54) is 31.2 Å². The van der Waals surface area contributed by atoms with E-state index in [2.05, 4.69) is 21.9 Å².